The van der Waals surface area contributed by atoms with E-state index in [0.29, 0.717) is 6.54 Å². The van der Waals surface area contributed by atoms with Crippen LogP contribution < -0.4 is 15.0 Å². The fourth-order valence-electron chi connectivity index (χ4n) is 3.34. The van der Waals surface area contributed by atoms with E-state index in [2.05, 4.69) is 5.32 Å². The number of aryl methyl sites for hydroxylation is 1. The first kappa shape index (κ1) is 22.1. The Kier molecular flexibility index (Phi) is 7.43. The molecule has 1 N–H and O–H groups in total. The number of esters is 1. The van der Waals surface area contributed by atoms with E-state index in [-0.39, 0.29) is 12.5 Å². The Balaban J connectivity index is 1.47. The van der Waals surface area contributed by atoms with Gasteiger partial charge in [0.15, 0.2) is 6.61 Å². The molecule has 3 rings (SSSR count). The van der Waals surface area contributed by atoms with Gasteiger partial charge in [-0.15, -0.1) is 0 Å². The van der Waals surface area contributed by atoms with Crippen LogP contribution in [-0.2, 0) is 25.5 Å². The Hall–Kier alpha value is -3.61. The van der Waals surface area contributed by atoms with E-state index < -0.39 is 17.9 Å². The minimum atomic E-state index is -0.880. The molecule has 7 nitrogen and oxygen atoms in total. The number of nitrogens with zero attached hydrogens (tertiary/aromatic N) is 1. The van der Waals surface area contributed by atoms with Gasteiger partial charge >= 0.3 is 5.97 Å². The molecule has 0 unspecified atom stereocenters. The van der Waals surface area contributed by atoms with Crippen molar-refractivity contribution in [2.75, 3.05) is 25.2 Å². The lowest BCUT2D eigenvalue weighted by Crippen LogP contribution is -2.42. The van der Waals surface area contributed by atoms with Crippen molar-refractivity contribution in [3.05, 3.63) is 65.7 Å². The van der Waals surface area contributed by atoms with Gasteiger partial charge in [-0.3, -0.25) is 9.59 Å². The van der Waals surface area contributed by atoms with Gasteiger partial charge in [0.2, 0.25) is 5.91 Å². The molecule has 0 radical (unpaired) electrons. The standard InChI is InChI=1S/C24H26N2O5/c1-17(25-22(27)14-11-18-9-12-20(30-2)13-10-18)24(29)31-16-23(28)26-15-5-7-19-6-3-4-8-21(19)26/h3-4,6,8-14,17H,5,7,15-16H2,1-2H3,(H,25,27)/b14-11+/t17-/m0/s1. The quantitative estimate of drug-likeness (QED) is 0.548. The Labute approximate surface area is 181 Å². The minimum absolute atomic E-state index is 0.279. The number of rotatable bonds is 7. The predicted molar refractivity (Wildman–Crippen MR) is 118 cm³/mol. The van der Waals surface area contributed by atoms with Crippen molar-refractivity contribution >= 4 is 29.5 Å². The molecule has 1 heterocycles. The monoisotopic (exact) mass is 422 g/mol. The molecule has 162 valence electrons. The van der Waals surface area contributed by atoms with Crippen LogP contribution in [0, 0.1) is 0 Å². The zero-order valence-corrected chi connectivity index (χ0v) is 17.7. The maximum absolute atomic E-state index is 12.6. The molecule has 7 heteroatoms. The van der Waals surface area contributed by atoms with Gasteiger partial charge in [-0.25, -0.2) is 4.79 Å². The summed E-state index contributed by atoms with van der Waals surface area (Å²) in [6.07, 6.45) is 4.75. The van der Waals surface area contributed by atoms with Crippen molar-refractivity contribution in [3.8, 4) is 5.75 Å². The smallest absolute Gasteiger partial charge is 0.328 e. The number of carbonyl (C=O) groups excluding carboxylic acids is 3. The molecule has 1 aliphatic rings. The second-order valence-corrected chi connectivity index (χ2v) is 7.22. The van der Waals surface area contributed by atoms with Gasteiger partial charge in [-0.2, -0.15) is 0 Å². The molecule has 0 saturated heterocycles. The highest BCUT2D eigenvalue weighted by Gasteiger charge is 2.24. The third-order valence-electron chi connectivity index (χ3n) is 5.00. The van der Waals surface area contributed by atoms with Gasteiger partial charge in [0.25, 0.3) is 5.91 Å². The second-order valence-electron chi connectivity index (χ2n) is 7.22. The number of hydrogen-bond acceptors (Lipinski definition) is 5. The van der Waals surface area contributed by atoms with E-state index in [1.807, 2.05) is 36.4 Å². The van der Waals surface area contributed by atoms with Gasteiger partial charge in [0.05, 0.1) is 7.11 Å². The number of para-hydroxylation sites is 1. The van der Waals surface area contributed by atoms with Crippen molar-refractivity contribution in [2.24, 2.45) is 0 Å². The molecule has 2 aromatic rings. The summed E-state index contributed by atoms with van der Waals surface area (Å²) >= 11 is 0. The van der Waals surface area contributed by atoms with E-state index in [9.17, 15) is 14.4 Å². The van der Waals surface area contributed by atoms with Gasteiger partial charge < -0.3 is 19.7 Å². The molecule has 2 aromatic carbocycles. The lowest BCUT2D eigenvalue weighted by Gasteiger charge is -2.29. The van der Waals surface area contributed by atoms with E-state index in [0.717, 1.165) is 35.4 Å². The van der Waals surface area contributed by atoms with Gasteiger partial charge in [-0.1, -0.05) is 30.3 Å². The molecule has 1 aliphatic heterocycles. The number of amides is 2. The summed E-state index contributed by atoms with van der Waals surface area (Å²) in [5, 5.41) is 2.54. The van der Waals surface area contributed by atoms with Crippen molar-refractivity contribution in [2.45, 2.75) is 25.8 Å². The number of benzene rings is 2. The Morgan fingerprint density at radius 1 is 1.13 bits per heavy atom. The largest absolute Gasteiger partial charge is 0.497 e. The summed E-state index contributed by atoms with van der Waals surface area (Å²) < 4.78 is 10.2. The van der Waals surface area contributed by atoms with Crippen LogP contribution in [0.4, 0.5) is 5.69 Å². The number of carbonyl (C=O) groups is 3. The van der Waals surface area contributed by atoms with E-state index >= 15 is 0 Å². The number of hydrogen-bond donors (Lipinski definition) is 1. The highest BCUT2D eigenvalue weighted by Crippen LogP contribution is 2.26. The van der Waals surface area contributed by atoms with Crippen LogP contribution >= 0.6 is 0 Å². The topological polar surface area (TPSA) is 84.9 Å². The molecule has 0 aliphatic carbocycles. The van der Waals surface area contributed by atoms with Crippen LogP contribution in [0.3, 0.4) is 0 Å². The number of ether oxygens (including phenoxy) is 2. The fraction of sp³-hybridized carbons (Fsp3) is 0.292. The summed E-state index contributed by atoms with van der Waals surface area (Å²) in [4.78, 5) is 38.5. The van der Waals surface area contributed by atoms with Gasteiger partial charge in [0, 0.05) is 18.3 Å². The lowest BCUT2D eigenvalue weighted by molar-refractivity contribution is -0.150. The second kappa shape index (κ2) is 10.4. The third kappa shape index (κ3) is 5.94. The summed E-state index contributed by atoms with van der Waals surface area (Å²) in [5.74, 6) is -0.652. The zero-order valence-electron chi connectivity index (χ0n) is 17.7. The summed E-state index contributed by atoms with van der Waals surface area (Å²) in [6, 6.07) is 14.0. The molecule has 0 bridgehead atoms. The fourth-order valence-corrected chi connectivity index (χ4v) is 3.34. The molecule has 0 aromatic heterocycles. The number of anilines is 1. The van der Waals surface area contributed by atoms with E-state index in [1.165, 1.54) is 13.0 Å². The van der Waals surface area contributed by atoms with Crippen molar-refractivity contribution in [3.63, 3.8) is 0 Å². The average Bonchev–Trinajstić information content (AvgIpc) is 2.80. The molecular weight excluding hydrogens is 396 g/mol. The van der Waals surface area contributed by atoms with Crippen LogP contribution in [0.5, 0.6) is 5.75 Å². The van der Waals surface area contributed by atoms with Crippen molar-refractivity contribution < 1.29 is 23.9 Å². The minimum Gasteiger partial charge on any atom is -0.497 e. The van der Waals surface area contributed by atoms with Crippen LogP contribution in [0.25, 0.3) is 6.08 Å². The van der Waals surface area contributed by atoms with Crippen LogP contribution in [0.1, 0.15) is 24.5 Å². The van der Waals surface area contributed by atoms with Crippen LogP contribution in [0.15, 0.2) is 54.6 Å². The first-order valence-corrected chi connectivity index (χ1v) is 10.2. The van der Waals surface area contributed by atoms with Gasteiger partial charge in [0.1, 0.15) is 11.8 Å². The summed E-state index contributed by atoms with van der Waals surface area (Å²) in [5.41, 5.74) is 2.79. The molecule has 0 spiro atoms. The molecule has 2 amide bonds. The van der Waals surface area contributed by atoms with E-state index in [1.54, 1.807) is 30.2 Å². The molecule has 1 atom stereocenters. The normalized spacial score (nSPS) is 13.9. The van der Waals surface area contributed by atoms with Gasteiger partial charge in [-0.05, 0) is 55.2 Å². The zero-order chi connectivity index (χ0) is 22.2. The van der Waals surface area contributed by atoms with Crippen molar-refractivity contribution in [1.29, 1.82) is 0 Å². The summed E-state index contributed by atoms with van der Waals surface area (Å²) in [6.45, 7) is 1.74. The molecule has 0 fully saturated rings. The lowest BCUT2D eigenvalue weighted by atomic mass is 10.0. The summed E-state index contributed by atoms with van der Waals surface area (Å²) in [7, 11) is 1.58. The predicted octanol–water partition coefficient (Wildman–Crippen LogP) is 2.74. The number of methoxy groups -OCH3 is 1. The third-order valence-corrected chi connectivity index (χ3v) is 5.00. The molecule has 0 saturated carbocycles. The Bertz CT molecular complexity index is 968. The van der Waals surface area contributed by atoms with Crippen LogP contribution in [-0.4, -0.2) is 44.1 Å². The number of nitrogens with one attached hydrogen (secondary N) is 1. The molecule has 31 heavy (non-hydrogen) atoms. The Morgan fingerprint density at radius 3 is 2.61 bits per heavy atom. The maximum atomic E-state index is 12.6. The highest BCUT2D eigenvalue weighted by molar-refractivity contribution is 5.97. The first-order chi connectivity index (χ1) is 15.0. The maximum Gasteiger partial charge on any atom is 0.328 e. The number of fused-ring (bicyclic) bond motifs is 1. The SMILES string of the molecule is COc1ccc(/C=C/C(=O)N[C@@H](C)C(=O)OCC(=O)N2CCCc3ccccc32)cc1. The molecular formula is C24H26N2O5. The Morgan fingerprint density at radius 2 is 1.87 bits per heavy atom. The van der Waals surface area contributed by atoms with E-state index in [4.69, 9.17) is 9.47 Å². The van der Waals surface area contributed by atoms with Crippen LogP contribution in [0.2, 0.25) is 0 Å². The average molecular weight is 422 g/mol. The van der Waals surface area contributed by atoms with Crippen molar-refractivity contribution in [1.82, 2.24) is 5.32 Å². The highest BCUT2D eigenvalue weighted by atomic mass is 16.5. The first-order valence-electron chi connectivity index (χ1n) is 10.2.